The molecular weight excluding hydrogens is 278 g/mol. The highest BCUT2D eigenvalue weighted by molar-refractivity contribution is 7.90. The van der Waals surface area contributed by atoms with E-state index in [1.165, 1.54) is 24.3 Å². The monoisotopic (exact) mass is 291 g/mol. The first-order valence-corrected chi connectivity index (χ1v) is 7.56. The first kappa shape index (κ1) is 14.2. The topological polar surface area (TPSA) is 77.3 Å². The van der Waals surface area contributed by atoms with Crippen LogP contribution in [0.1, 0.15) is 11.1 Å². The summed E-state index contributed by atoms with van der Waals surface area (Å²) in [6.07, 6.45) is 0. The third kappa shape index (κ3) is 3.21. The lowest BCUT2D eigenvalue weighted by Crippen LogP contribution is -2.05. The van der Waals surface area contributed by atoms with Crippen molar-refractivity contribution in [3.63, 3.8) is 0 Å². The van der Waals surface area contributed by atoms with Gasteiger partial charge in [0, 0.05) is 12.1 Å². The SMILES string of the molecule is Cc1cccc(S(=O)(=O)Cc2cccc([N+](=O)[O-])c2)c1. The van der Waals surface area contributed by atoms with E-state index in [0.29, 0.717) is 5.56 Å². The number of nitrogens with zero attached hydrogens (tertiary/aromatic N) is 1. The van der Waals surface area contributed by atoms with Crippen LogP contribution in [0.5, 0.6) is 0 Å². The normalized spacial score (nSPS) is 11.2. The maximum Gasteiger partial charge on any atom is 0.269 e. The molecule has 2 rings (SSSR count). The lowest BCUT2D eigenvalue weighted by molar-refractivity contribution is -0.384. The number of rotatable bonds is 4. The van der Waals surface area contributed by atoms with E-state index in [0.717, 1.165) is 5.56 Å². The third-order valence-corrected chi connectivity index (χ3v) is 4.51. The summed E-state index contributed by atoms with van der Waals surface area (Å²) in [5.74, 6) is -0.252. The Balaban J connectivity index is 2.33. The van der Waals surface area contributed by atoms with Gasteiger partial charge in [-0.1, -0.05) is 24.3 Å². The van der Waals surface area contributed by atoms with Crippen LogP contribution in [0.4, 0.5) is 5.69 Å². The van der Waals surface area contributed by atoms with Crippen molar-refractivity contribution >= 4 is 15.5 Å². The van der Waals surface area contributed by atoms with E-state index in [-0.39, 0.29) is 16.3 Å². The Hall–Kier alpha value is -2.21. The number of sulfone groups is 1. The smallest absolute Gasteiger partial charge is 0.258 e. The molecule has 0 N–H and O–H groups in total. The summed E-state index contributed by atoms with van der Waals surface area (Å²) in [6, 6.07) is 12.3. The van der Waals surface area contributed by atoms with Gasteiger partial charge in [-0.2, -0.15) is 0 Å². The molecule has 0 unspecified atom stereocenters. The van der Waals surface area contributed by atoms with E-state index >= 15 is 0 Å². The Kier molecular flexibility index (Phi) is 3.85. The minimum atomic E-state index is -3.50. The molecule has 0 fully saturated rings. The average molecular weight is 291 g/mol. The second-order valence-electron chi connectivity index (χ2n) is 4.50. The molecular formula is C14H13NO4S. The van der Waals surface area contributed by atoms with E-state index in [9.17, 15) is 18.5 Å². The van der Waals surface area contributed by atoms with Crippen molar-refractivity contribution in [2.24, 2.45) is 0 Å². The van der Waals surface area contributed by atoms with Gasteiger partial charge in [-0.15, -0.1) is 0 Å². The summed E-state index contributed by atoms with van der Waals surface area (Å²) < 4.78 is 24.5. The Morgan fingerprint density at radius 2 is 1.80 bits per heavy atom. The molecule has 5 nitrogen and oxygen atoms in total. The van der Waals surface area contributed by atoms with Crippen LogP contribution in [-0.4, -0.2) is 13.3 Å². The standard InChI is InChI=1S/C14H13NO4S/c1-11-4-2-7-14(8-11)20(18,19)10-12-5-3-6-13(9-12)15(16)17/h2-9H,10H2,1H3. The van der Waals surface area contributed by atoms with Crippen LogP contribution in [0.3, 0.4) is 0 Å². The highest BCUT2D eigenvalue weighted by Crippen LogP contribution is 2.20. The molecule has 0 aromatic heterocycles. The van der Waals surface area contributed by atoms with Crippen LogP contribution in [-0.2, 0) is 15.6 Å². The summed E-state index contributed by atoms with van der Waals surface area (Å²) >= 11 is 0. The molecule has 0 radical (unpaired) electrons. The van der Waals surface area contributed by atoms with Crippen molar-refractivity contribution in [1.82, 2.24) is 0 Å². The molecule has 0 spiro atoms. The summed E-state index contributed by atoms with van der Waals surface area (Å²) in [5.41, 5.74) is 1.15. The Morgan fingerprint density at radius 3 is 2.45 bits per heavy atom. The summed E-state index contributed by atoms with van der Waals surface area (Å²) in [6.45, 7) is 1.81. The zero-order chi connectivity index (χ0) is 14.8. The van der Waals surface area contributed by atoms with Crippen molar-refractivity contribution < 1.29 is 13.3 Å². The fraction of sp³-hybridized carbons (Fsp3) is 0.143. The van der Waals surface area contributed by atoms with Crippen LogP contribution in [0, 0.1) is 17.0 Å². The van der Waals surface area contributed by atoms with E-state index in [4.69, 9.17) is 0 Å². The van der Waals surface area contributed by atoms with Crippen LogP contribution >= 0.6 is 0 Å². The highest BCUT2D eigenvalue weighted by Gasteiger charge is 2.17. The fourth-order valence-corrected chi connectivity index (χ4v) is 3.31. The predicted molar refractivity (Wildman–Crippen MR) is 75.2 cm³/mol. The van der Waals surface area contributed by atoms with Gasteiger partial charge >= 0.3 is 0 Å². The average Bonchev–Trinajstić information content (AvgIpc) is 2.38. The molecule has 0 bridgehead atoms. The predicted octanol–water partition coefficient (Wildman–Crippen LogP) is 2.88. The maximum absolute atomic E-state index is 12.3. The number of benzene rings is 2. The molecule has 104 valence electrons. The minimum absolute atomic E-state index is 0.109. The molecule has 0 amide bonds. The van der Waals surface area contributed by atoms with E-state index in [1.54, 1.807) is 18.2 Å². The molecule has 0 atom stereocenters. The second kappa shape index (κ2) is 5.42. The van der Waals surface area contributed by atoms with Gasteiger partial charge in [-0.3, -0.25) is 10.1 Å². The van der Waals surface area contributed by atoms with E-state index in [2.05, 4.69) is 0 Å². The maximum atomic E-state index is 12.3. The first-order valence-electron chi connectivity index (χ1n) is 5.91. The fourth-order valence-electron chi connectivity index (χ4n) is 1.87. The summed E-state index contributed by atoms with van der Waals surface area (Å²) in [4.78, 5) is 10.4. The quantitative estimate of drug-likeness (QED) is 0.641. The number of hydrogen-bond donors (Lipinski definition) is 0. The Bertz CT molecular complexity index is 753. The van der Waals surface area contributed by atoms with Crippen molar-refractivity contribution in [2.45, 2.75) is 17.6 Å². The van der Waals surface area contributed by atoms with Gasteiger partial charge in [0.1, 0.15) is 0 Å². The molecule has 0 saturated heterocycles. The van der Waals surface area contributed by atoms with Gasteiger partial charge in [-0.25, -0.2) is 8.42 Å². The van der Waals surface area contributed by atoms with Gasteiger partial charge in [0.15, 0.2) is 9.84 Å². The van der Waals surface area contributed by atoms with Crippen LogP contribution in [0.2, 0.25) is 0 Å². The summed E-state index contributed by atoms with van der Waals surface area (Å²) in [5, 5.41) is 10.7. The molecule has 2 aromatic carbocycles. The van der Waals surface area contributed by atoms with Gasteiger partial charge in [0.05, 0.1) is 15.6 Å². The van der Waals surface area contributed by atoms with Crippen molar-refractivity contribution in [2.75, 3.05) is 0 Å². The largest absolute Gasteiger partial charge is 0.269 e. The molecule has 20 heavy (non-hydrogen) atoms. The molecule has 6 heteroatoms. The number of nitro benzene ring substituents is 1. The zero-order valence-electron chi connectivity index (χ0n) is 10.8. The molecule has 0 heterocycles. The van der Waals surface area contributed by atoms with Crippen LogP contribution < -0.4 is 0 Å². The number of aryl methyl sites for hydroxylation is 1. The lowest BCUT2D eigenvalue weighted by atomic mass is 10.2. The lowest BCUT2D eigenvalue weighted by Gasteiger charge is -2.05. The van der Waals surface area contributed by atoms with Crippen molar-refractivity contribution in [3.8, 4) is 0 Å². The number of nitro groups is 1. The second-order valence-corrected chi connectivity index (χ2v) is 6.49. The third-order valence-electron chi connectivity index (χ3n) is 2.83. The molecule has 0 saturated carbocycles. The van der Waals surface area contributed by atoms with Gasteiger partial charge in [0.25, 0.3) is 5.69 Å². The van der Waals surface area contributed by atoms with E-state index < -0.39 is 14.8 Å². The molecule has 0 aliphatic carbocycles. The minimum Gasteiger partial charge on any atom is -0.258 e. The zero-order valence-corrected chi connectivity index (χ0v) is 11.6. The molecule has 0 aliphatic rings. The highest BCUT2D eigenvalue weighted by atomic mass is 32.2. The summed E-state index contributed by atoms with van der Waals surface area (Å²) in [7, 11) is -3.50. The molecule has 0 aliphatic heterocycles. The van der Waals surface area contributed by atoms with Crippen molar-refractivity contribution in [1.29, 1.82) is 0 Å². The van der Waals surface area contributed by atoms with E-state index in [1.807, 2.05) is 13.0 Å². The van der Waals surface area contributed by atoms with Crippen LogP contribution in [0.25, 0.3) is 0 Å². The number of non-ortho nitro benzene ring substituents is 1. The van der Waals surface area contributed by atoms with Crippen LogP contribution in [0.15, 0.2) is 53.4 Å². The Morgan fingerprint density at radius 1 is 1.10 bits per heavy atom. The Labute approximate surface area is 116 Å². The van der Waals surface area contributed by atoms with Gasteiger partial charge in [-0.05, 0) is 30.2 Å². The number of hydrogen-bond acceptors (Lipinski definition) is 4. The first-order chi connectivity index (χ1) is 9.38. The van der Waals surface area contributed by atoms with Gasteiger partial charge < -0.3 is 0 Å². The van der Waals surface area contributed by atoms with Gasteiger partial charge in [0.2, 0.25) is 0 Å². The molecule has 2 aromatic rings. The van der Waals surface area contributed by atoms with Crippen molar-refractivity contribution in [3.05, 3.63) is 69.8 Å².